The highest BCUT2D eigenvalue weighted by Gasteiger charge is 2.38. The first kappa shape index (κ1) is 24.7. The number of hydrogen-bond acceptors (Lipinski definition) is 4. The number of anilines is 1. The summed E-state index contributed by atoms with van der Waals surface area (Å²) in [5.74, 6) is 0.00801. The molecule has 188 valence electrons. The summed E-state index contributed by atoms with van der Waals surface area (Å²) in [7, 11) is -3.94. The van der Waals surface area contributed by atoms with E-state index in [0.29, 0.717) is 22.9 Å². The average Bonchev–Trinajstić information content (AvgIpc) is 2.90. The average molecular weight is 525 g/mol. The van der Waals surface area contributed by atoms with Crippen molar-refractivity contribution in [3.8, 4) is 5.75 Å². The van der Waals surface area contributed by atoms with Gasteiger partial charge in [0.2, 0.25) is 0 Å². The Hall–Kier alpha value is -3.03. The van der Waals surface area contributed by atoms with Gasteiger partial charge in [-0.25, -0.2) is 8.42 Å². The zero-order chi connectivity index (χ0) is 25.3. The third-order valence-corrected chi connectivity index (χ3v) is 8.97. The number of ether oxygens (including phenoxy) is 1. The van der Waals surface area contributed by atoms with E-state index >= 15 is 0 Å². The molecule has 0 radical (unpaired) electrons. The van der Waals surface area contributed by atoms with E-state index in [4.69, 9.17) is 16.3 Å². The van der Waals surface area contributed by atoms with E-state index in [2.05, 4.69) is 23.5 Å². The Kier molecular flexibility index (Phi) is 6.95. The molecular weight excluding hydrogens is 496 g/mol. The molecule has 5 rings (SSSR count). The Bertz CT molecular complexity index is 1370. The SMILES string of the molecule is CC[C@H](NC(=O)[C@H]1CN(S(=O)(=O)c2ccc(Cl)cc2)c2ccccc2O1)c1ccc2c(c1)CCCC2. The number of para-hydroxylation sites is 2. The molecular formula is C28H29ClN2O4S. The van der Waals surface area contributed by atoms with E-state index < -0.39 is 16.1 Å². The Morgan fingerprint density at radius 1 is 1.06 bits per heavy atom. The van der Waals surface area contributed by atoms with Crippen molar-refractivity contribution in [2.75, 3.05) is 10.8 Å². The quantitative estimate of drug-likeness (QED) is 0.465. The number of rotatable bonds is 6. The largest absolute Gasteiger partial charge is 0.476 e. The van der Waals surface area contributed by atoms with Gasteiger partial charge in [0, 0.05) is 5.02 Å². The van der Waals surface area contributed by atoms with Gasteiger partial charge >= 0.3 is 0 Å². The molecule has 3 aromatic rings. The number of fused-ring (bicyclic) bond motifs is 2. The summed E-state index contributed by atoms with van der Waals surface area (Å²) in [6.45, 7) is 1.90. The molecule has 0 aromatic heterocycles. The molecule has 1 N–H and O–H groups in total. The van der Waals surface area contributed by atoms with Crippen LogP contribution in [0.5, 0.6) is 5.75 Å². The molecule has 1 heterocycles. The normalized spacial score (nSPS) is 17.9. The highest BCUT2D eigenvalue weighted by Crippen LogP contribution is 2.37. The highest BCUT2D eigenvalue weighted by atomic mass is 35.5. The molecule has 1 amide bonds. The van der Waals surface area contributed by atoms with Crippen molar-refractivity contribution in [2.45, 2.75) is 56.1 Å². The number of carbonyl (C=O) groups is 1. The van der Waals surface area contributed by atoms with Crippen LogP contribution in [-0.4, -0.2) is 27.0 Å². The summed E-state index contributed by atoms with van der Waals surface area (Å²) in [6, 6.07) is 19.2. The fourth-order valence-electron chi connectivity index (χ4n) is 4.96. The first-order valence-corrected chi connectivity index (χ1v) is 14.1. The van der Waals surface area contributed by atoms with Gasteiger partial charge in [-0.1, -0.05) is 48.9 Å². The number of benzene rings is 3. The smallest absolute Gasteiger partial charge is 0.264 e. The summed E-state index contributed by atoms with van der Waals surface area (Å²) in [5, 5.41) is 3.55. The number of aryl methyl sites for hydroxylation is 2. The van der Waals surface area contributed by atoms with E-state index in [1.165, 1.54) is 52.5 Å². The van der Waals surface area contributed by atoms with Crippen molar-refractivity contribution in [2.24, 2.45) is 0 Å². The molecule has 0 saturated carbocycles. The molecule has 0 spiro atoms. The molecule has 36 heavy (non-hydrogen) atoms. The number of nitrogens with zero attached hydrogens (tertiary/aromatic N) is 1. The minimum Gasteiger partial charge on any atom is -0.476 e. The second-order valence-electron chi connectivity index (χ2n) is 9.27. The van der Waals surface area contributed by atoms with Crippen LogP contribution in [0.4, 0.5) is 5.69 Å². The molecule has 6 nitrogen and oxygen atoms in total. The number of carbonyl (C=O) groups excluding carboxylic acids is 1. The van der Waals surface area contributed by atoms with Gasteiger partial charge in [0.1, 0.15) is 5.75 Å². The molecule has 0 bridgehead atoms. The van der Waals surface area contributed by atoms with Crippen LogP contribution in [0.25, 0.3) is 0 Å². The van der Waals surface area contributed by atoms with Crippen molar-refractivity contribution in [3.63, 3.8) is 0 Å². The molecule has 2 aliphatic rings. The number of hydrogen-bond donors (Lipinski definition) is 1. The third kappa shape index (κ3) is 4.82. The maximum atomic E-state index is 13.6. The van der Waals surface area contributed by atoms with Gasteiger partial charge in [-0.2, -0.15) is 0 Å². The molecule has 0 saturated heterocycles. The Morgan fingerprint density at radius 2 is 1.78 bits per heavy atom. The Morgan fingerprint density at radius 3 is 2.53 bits per heavy atom. The zero-order valence-electron chi connectivity index (χ0n) is 20.1. The van der Waals surface area contributed by atoms with E-state index in [1.807, 2.05) is 6.92 Å². The fourth-order valence-corrected chi connectivity index (χ4v) is 6.56. The monoisotopic (exact) mass is 524 g/mol. The highest BCUT2D eigenvalue weighted by molar-refractivity contribution is 7.92. The minimum absolute atomic E-state index is 0.100. The van der Waals surface area contributed by atoms with Crippen molar-refractivity contribution in [1.29, 1.82) is 0 Å². The second kappa shape index (κ2) is 10.1. The second-order valence-corrected chi connectivity index (χ2v) is 11.6. The van der Waals surface area contributed by atoms with Gasteiger partial charge in [-0.05, 0) is 85.2 Å². The van der Waals surface area contributed by atoms with Crippen LogP contribution in [0.2, 0.25) is 5.02 Å². The molecule has 3 aromatic carbocycles. The predicted molar refractivity (Wildman–Crippen MR) is 141 cm³/mol. The lowest BCUT2D eigenvalue weighted by Gasteiger charge is -2.35. The van der Waals surface area contributed by atoms with Crippen LogP contribution in [0.1, 0.15) is 48.9 Å². The first-order chi connectivity index (χ1) is 17.4. The molecule has 1 aliphatic carbocycles. The Balaban J connectivity index is 1.40. The molecule has 8 heteroatoms. The molecule has 0 fully saturated rings. The van der Waals surface area contributed by atoms with Crippen LogP contribution in [0.15, 0.2) is 71.6 Å². The van der Waals surface area contributed by atoms with E-state index in [-0.39, 0.29) is 23.4 Å². The lowest BCUT2D eigenvalue weighted by atomic mass is 9.88. The van der Waals surface area contributed by atoms with Crippen LogP contribution in [0.3, 0.4) is 0 Å². The van der Waals surface area contributed by atoms with E-state index in [1.54, 1.807) is 24.3 Å². The van der Waals surface area contributed by atoms with Gasteiger partial charge in [-0.15, -0.1) is 0 Å². The minimum atomic E-state index is -3.94. The van der Waals surface area contributed by atoms with E-state index in [9.17, 15) is 13.2 Å². The molecule has 1 aliphatic heterocycles. The summed E-state index contributed by atoms with van der Waals surface area (Å²) in [5.41, 5.74) is 4.21. The van der Waals surface area contributed by atoms with Crippen LogP contribution in [-0.2, 0) is 27.7 Å². The maximum absolute atomic E-state index is 13.6. The van der Waals surface area contributed by atoms with Gasteiger partial charge in [0.25, 0.3) is 15.9 Å². The fraction of sp³-hybridized carbons (Fsp3) is 0.321. The zero-order valence-corrected chi connectivity index (χ0v) is 21.7. The lowest BCUT2D eigenvalue weighted by Crippen LogP contribution is -2.51. The van der Waals surface area contributed by atoms with Crippen LogP contribution < -0.4 is 14.4 Å². The van der Waals surface area contributed by atoms with Gasteiger partial charge < -0.3 is 10.1 Å². The number of nitrogens with one attached hydrogen (secondary N) is 1. The summed E-state index contributed by atoms with van der Waals surface area (Å²) >= 11 is 5.96. The van der Waals surface area contributed by atoms with Crippen LogP contribution in [0, 0.1) is 0 Å². The van der Waals surface area contributed by atoms with Gasteiger partial charge in [0.15, 0.2) is 6.10 Å². The first-order valence-electron chi connectivity index (χ1n) is 12.3. The Labute approximate surface area is 217 Å². The predicted octanol–water partition coefficient (Wildman–Crippen LogP) is 5.44. The third-order valence-electron chi connectivity index (χ3n) is 6.93. The van der Waals surface area contributed by atoms with Crippen molar-refractivity contribution in [1.82, 2.24) is 5.32 Å². The van der Waals surface area contributed by atoms with Crippen molar-refractivity contribution >= 4 is 33.2 Å². The maximum Gasteiger partial charge on any atom is 0.264 e. The molecule has 0 unspecified atom stereocenters. The van der Waals surface area contributed by atoms with Gasteiger partial charge in [-0.3, -0.25) is 9.10 Å². The lowest BCUT2D eigenvalue weighted by molar-refractivity contribution is -0.128. The standard InChI is InChI=1S/C28H29ClN2O4S/c1-2-24(21-12-11-19-7-3-4-8-20(19)17-21)30-28(32)27-18-31(25-9-5-6-10-26(25)35-27)36(33,34)23-15-13-22(29)14-16-23/h5-6,9-17,24,27H,2-4,7-8,18H2,1H3,(H,30,32)/t24-,27+/m0/s1. The molecule has 2 atom stereocenters. The van der Waals surface area contributed by atoms with Crippen molar-refractivity contribution < 1.29 is 17.9 Å². The summed E-state index contributed by atoms with van der Waals surface area (Å²) in [4.78, 5) is 13.5. The number of amides is 1. The van der Waals surface area contributed by atoms with Crippen molar-refractivity contribution in [3.05, 3.63) is 88.4 Å². The number of halogens is 1. The summed E-state index contributed by atoms with van der Waals surface area (Å²) in [6.07, 6.45) is 4.29. The summed E-state index contributed by atoms with van der Waals surface area (Å²) < 4.78 is 34.4. The van der Waals surface area contributed by atoms with Gasteiger partial charge in [0.05, 0.1) is 23.2 Å². The van der Waals surface area contributed by atoms with Crippen LogP contribution >= 0.6 is 11.6 Å². The topological polar surface area (TPSA) is 75.7 Å². The number of sulfonamides is 1. The van der Waals surface area contributed by atoms with E-state index in [0.717, 1.165) is 18.4 Å².